The highest BCUT2D eigenvalue weighted by Crippen LogP contribution is 2.51. The van der Waals surface area contributed by atoms with Gasteiger partial charge in [-0.1, -0.05) is 41.4 Å². The van der Waals surface area contributed by atoms with Crippen LogP contribution in [0.4, 0.5) is 5.69 Å². The van der Waals surface area contributed by atoms with E-state index < -0.39 is 0 Å². The third-order valence-corrected chi connectivity index (χ3v) is 6.65. The van der Waals surface area contributed by atoms with Gasteiger partial charge in [-0.05, 0) is 66.6 Å². The minimum Gasteiger partial charge on any atom is -0.491 e. The Morgan fingerprint density at radius 2 is 2.04 bits per heavy atom. The van der Waals surface area contributed by atoms with Gasteiger partial charge in [0.1, 0.15) is 12.4 Å². The molecule has 0 radical (unpaired) electrons. The van der Waals surface area contributed by atoms with Crippen molar-refractivity contribution < 1.29 is 9.47 Å². The molecule has 1 N–H and O–H groups in total. The maximum absolute atomic E-state index is 6.53. The number of benzene rings is 2. The zero-order valence-corrected chi connectivity index (χ0v) is 17.0. The van der Waals surface area contributed by atoms with Gasteiger partial charge in [0.25, 0.3) is 0 Å². The Morgan fingerprint density at radius 1 is 1.11 bits per heavy atom. The van der Waals surface area contributed by atoms with Gasteiger partial charge in [0.15, 0.2) is 0 Å². The molecule has 0 spiro atoms. The lowest BCUT2D eigenvalue weighted by Gasteiger charge is -2.38. The first-order valence-electron chi connectivity index (χ1n) is 9.95. The Balaban J connectivity index is 1.42. The van der Waals surface area contributed by atoms with E-state index in [4.69, 9.17) is 32.7 Å². The summed E-state index contributed by atoms with van der Waals surface area (Å²) in [5, 5.41) is 5.11. The molecule has 28 heavy (non-hydrogen) atoms. The van der Waals surface area contributed by atoms with Crippen LogP contribution in [0.1, 0.15) is 42.3 Å². The molecule has 2 aromatic carbocycles. The normalized spacial score (nSPS) is 27.9. The molecule has 2 aromatic rings. The number of hydrogen-bond donors (Lipinski definition) is 1. The van der Waals surface area contributed by atoms with Crippen molar-refractivity contribution in [1.29, 1.82) is 0 Å². The number of rotatable bonds is 4. The fourth-order valence-electron chi connectivity index (χ4n) is 4.69. The third kappa shape index (κ3) is 3.41. The minimum absolute atomic E-state index is 0.163. The molecule has 5 rings (SSSR count). The van der Waals surface area contributed by atoms with E-state index in [1.807, 2.05) is 24.3 Å². The van der Waals surface area contributed by atoms with E-state index in [-0.39, 0.29) is 12.1 Å². The van der Waals surface area contributed by atoms with Crippen LogP contribution in [0.25, 0.3) is 0 Å². The minimum atomic E-state index is 0.163. The number of anilines is 1. The molecule has 3 nitrogen and oxygen atoms in total. The van der Waals surface area contributed by atoms with Crippen LogP contribution in [-0.4, -0.2) is 19.3 Å². The summed E-state index contributed by atoms with van der Waals surface area (Å²) in [5.74, 6) is 1.71. The Morgan fingerprint density at radius 3 is 2.86 bits per heavy atom. The second-order valence-electron chi connectivity index (χ2n) is 7.84. The molecule has 1 fully saturated rings. The average Bonchev–Trinajstić information content (AvgIpc) is 3.38. The molecule has 1 saturated heterocycles. The predicted octanol–water partition coefficient (Wildman–Crippen LogP) is 6.38. The first-order valence-corrected chi connectivity index (χ1v) is 10.7. The SMILES string of the molecule is Clc1ccc(C2Nc3ccc(OCC4CCCO4)cc3C3C=CCC32)c(Cl)c1. The summed E-state index contributed by atoms with van der Waals surface area (Å²) in [7, 11) is 0. The van der Waals surface area contributed by atoms with E-state index in [0.29, 0.717) is 23.5 Å². The van der Waals surface area contributed by atoms with Crippen LogP contribution in [-0.2, 0) is 4.74 Å². The van der Waals surface area contributed by atoms with E-state index in [0.717, 1.165) is 47.9 Å². The second-order valence-corrected chi connectivity index (χ2v) is 8.68. The van der Waals surface area contributed by atoms with Crippen molar-refractivity contribution in [3.63, 3.8) is 0 Å². The summed E-state index contributed by atoms with van der Waals surface area (Å²) in [6.45, 7) is 1.48. The fourth-order valence-corrected chi connectivity index (χ4v) is 5.21. The summed E-state index contributed by atoms with van der Waals surface area (Å²) in [6, 6.07) is 12.3. The van der Waals surface area contributed by atoms with Crippen molar-refractivity contribution in [2.24, 2.45) is 5.92 Å². The highest BCUT2D eigenvalue weighted by Gasteiger charge is 2.38. The first-order chi connectivity index (χ1) is 13.7. The van der Waals surface area contributed by atoms with Crippen molar-refractivity contribution >= 4 is 28.9 Å². The lowest BCUT2D eigenvalue weighted by molar-refractivity contribution is 0.0679. The molecule has 0 amide bonds. The number of hydrogen-bond acceptors (Lipinski definition) is 3. The van der Waals surface area contributed by atoms with Crippen molar-refractivity contribution in [1.82, 2.24) is 0 Å². The quantitative estimate of drug-likeness (QED) is 0.587. The molecule has 0 bridgehead atoms. The first kappa shape index (κ1) is 18.4. The molecule has 2 aliphatic heterocycles. The molecule has 1 aliphatic carbocycles. The molecule has 4 unspecified atom stereocenters. The predicted molar refractivity (Wildman–Crippen MR) is 114 cm³/mol. The van der Waals surface area contributed by atoms with Crippen LogP contribution in [0.15, 0.2) is 48.6 Å². The van der Waals surface area contributed by atoms with Gasteiger partial charge in [-0.3, -0.25) is 0 Å². The van der Waals surface area contributed by atoms with Crippen molar-refractivity contribution in [2.75, 3.05) is 18.5 Å². The molecular formula is C23H23Cl2NO2. The lowest BCUT2D eigenvalue weighted by Crippen LogP contribution is -2.29. The summed E-state index contributed by atoms with van der Waals surface area (Å²) >= 11 is 12.6. The van der Waals surface area contributed by atoms with Gasteiger partial charge < -0.3 is 14.8 Å². The van der Waals surface area contributed by atoms with Gasteiger partial charge in [0.2, 0.25) is 0 Å². The molecule has 0 saturated carbocycles. The fraction of sp³-hybridized carbons (Fsp3) is 0.391. The Labute approximate surface area is 175 Å². The van der Waals surface area contributed by atoms with E-state index in [2.05, 4.69) is 29.6 Å². The van der Waals surface area contributed by atoms with Gasteiger partial charge in [-0.25, -0.2) is 0 Å². The smallest absolute Gasteiger partial charge is 0.119 e. The third-order valence-electron chi connectivity index (χ3n) is 6.09. The number of halogens is 2. The Bertz CT molecular complexity index is 907. The monoisotopic (exact) mass is 415 g/mol. The maximum atomic E-state index is 6.53. The number of fused-ring (bicyclic) bond motifs is 3. The zero-order chi connectivity index (χ0) is 19.1. The van der Waals surface area contributed by atoms with Crippen LogP contribution in [0.2, 0.25) is 10.0 Å². The van der Waals surface area contributed by atoms with Gasteiger partial charge in [0, 0.05) is 28.3 Å². The van der Waals surface area contributed by atoms with Crippen LogP contribution in [0.5, 0.6) is 5.75 Å². The molecule has 2 heterocycles. The maximum Gasteiger partial charge on any atom is 0.119 e. The lowest BCUT2D eigenvalue weighted by atomic mass is 9.77. The zero-order valence-electron chi connectivity index (χ0n) is 15.5. The molecule has 0 aromatic heterocycles. The Hall–Kier alpha value is -1.68. The van der Waals surface area contributed by atoms with Gasteiger partial charge in [-0.2, -0.15) is 0 Å². The van der Waals surface area contributed by atoms with E-state index in [9.17, 15) is 0 Å². The molecule has 3 aliphatic rings. The van der Waals surface area contributed by atoms with Crippen molar-refractivity contribution in [3.05, 3.63) is 69.7 Å². The largest absolute Gasteiger partial charge is 0.491 e. The van der Waals surface area contributed by atoms with E-state index >= 15 is 0 Å². The standard InChI is InChI=1S/C23H23Cl2NO2/c24-14-6-8-19(21(25)11-14)23-18-5-1-4-17(18)20-12-15(7-9-22(20)26-23)28-13-16-3-2-10-27-16/h1,4,6-9,11-12,16-18,23,26H,2-3,5,10,13H2. The van der Waals surface area contributed by atoms with Gasteiger partial charge in [-0.15, -0.1) is 0 Å². The molecule has 146 valence electrons. The van der Waals surface area contributed by atoms with E-state index in [1.54, 1.807) is 0 Å². The summed E-state index contributed by atoms with van der Waals surface area (Å²) < 4.78 is 11.7. The summed E-state index contributed by atoms with van der Waals surface area (Å²) in [6.07, 6.45) is 8.08. The van der Waals surface area contributed by atoms with Gasteiger partial charge in [0.05, 0.1) is 12.1 Å². The molecule has 5 heteroatoms. The van der Waals surface area contributed by atoms with E-state index in [1.165, 1.54) is 5.56 Å². The summed E-state index contributed by atoms with van der Waals surface area (Å²) in [5.41, 5.74) is 3.55. The number of allylic oxidation sites excluding steroid dienone is 2. The Kier molecular flexibility index (Phi) is 5.00. The topological polar surface area (TPSA) is 30.5 Å². The highest BCUT2D eigenvalue weighted by molar-refractivity contribution is 6.35. The van der Waals surface area contributed by atoms with Crippen molar-refractivity contribution in [3.8, 4) is 5.75 Å². The van der Waals surface area contributed by atoms with Gasteiger partial charge >= 0.3 is 0 Å². The second kappa shape index (κ2) is 7.62. The average molecular weight is 416 g/mol. The molecular weight excluding hydrogens is 393 g/mol. The highest BCUT2D eigenvalue weighted by atomic mass is 35.5. The van der Waals surface area contributed by atoms with Crippen LogP contribution in [0, 0.1) is 5.92 Å². The van der Waals surface area contributed by atoms with Crippen LogP contribution >= 0.6 is 23.2 Å². The number of nitrogens with one attached hydrogen (secondary N) is 1. The van der Waals surface area contributed by atoms with Crippen LogP contribution < -0.4 is 10.1 Å². The molecule has 4 atom stereocenters. The van der Waals surface area contributed by atoms with Crippen LogP contribution in [0.3, 0.4) is 0 Å². The number of ether oxygens (including phenoxy) is 2. The van der Waals surface area contributed by atoms with Crippen molar-refractivity contribution in [2.45, 2.75) is 37.3 Å². The summed E-state index contributed by atoms with van der Waals surface area (Å²) in [4.78, 5) is 0.